The monoisotopic (exact) mass is 847 g/mol. The predicted molar refractivity (Wildman–Crippen MR) is 274 cm³/mol. The maximum absolute atomic E-state index is 2.87. The standard InChI is InChI=1S/C59H54BN3S/c1-37-33-49-54-50(34-37)63-55-42(56(2)29-11-14-32-59(56,63)5)20-15-21-45(55)60(54)44-27-26-40(36-48(44)61(49)47-22-16-24-52-53(47)41-19-9-10-23-51(41)64-52)62-46-28-25-39(38-17-7-6-8-18-38)35-43(46)57(3)30-12-13-31-58(57,62)4/h6-10,15-28,33-36H,11-14,29-32H2,1-5H3/t56?,57?,58-,59?/m0/s1. The van der Waals surface area contributed by atoms with Gasteiger partial charge in [-0.05, 0) is 145 Å². The van der Waals surface area contributed by atoms with Crippen molar-refractivity contribution in [1.82, 2.24) is 0 Å². The third-order valence-corrected chi connectivity index (χ3v) is 19.3. The zero-order chi connectivity index (χ0) is 42.9. The van der Waals surface area contributed by atoms with Crippen LogP contribution in [0.25, 0.3) is 31.3 Å². The third-order valence-electron chi connectivity index (χ3n) is 18.2. The molecular weight excluding hydrogens is 794 g/mol. The molecule has 5 heteroatoms. The Hall–Kier alpha value is -5.78. The number of fused-ring (bicyclic) bond motifs is 13. The van der Waals surface area contributed by atoms with Gasteiger partial charge in [-0.1, -0.05) is 124 Å². The molecule has 2 fully saturated rings. The Morgan fingerprint density at radius 3 is 2.03 bits per heavy atom. The van der Waals surface area contributed by atoms with Crippen molar-refractivity contribution in [3.63, 3.8) is 0 Å². The number of nitrogens with zero attached hydrogens (tertiary/aromatic N) is 3. The molecule has 64 heavy (non-hydrogen) atoms. The predicted octanol–water partition coefficient (Wildman–Crippen LogP) is 14.1. The first-order chi connectivity index (χ1) is 31.1. The molecule has 0 spiro atoms. The fourth-order valence-electron chi connectivity index (χ4n) is 14.7. The van der Waals surface area contributed by atoms with Crippen LogP contribution in [0.15, 0.2) is 140 Å². The molecule has 0 bridgehead atoms. The first-order valence-electron chi connectivity index (χ1n) is 24.1. The van der Waals surface area contributed by atoms with Crippen molar-refractivity contribution in [2.45, 2.75) is 108 Å². The zero-order valence-corrected chi connectivity index (χ0v) is 38.6. The van der Waals surface area contributed by atoms with Crippen molar-refractivity contribution in [3.05, 3.63) is 156 Å². The number of para-hydroxylation sites is 1. The molecule has 3 unspecified atom stereocenters. The highest BCUT2D eigenvalue weighted by molar-refractivity contribution is 7.26. The van der Waals surface area contributed by atoms with Gasteiger partial charge in [0.2, 0.25) is 0 Å². The van der Waals surface area contributed by atoms with Crippen LogP contribution in [-0.4, -0.2) is 17.8 Å². The van der Waals surface area contributed by atoms with Gasteiger partial charge in [-0.3, -0.25) is 0 Å². The van der Waals surface area contributed by atoms with E-state index in [4.69, 9.17) is 0 Å². The highest BCUT2D eigenvalue weighted by atomic mass is 32.1. The molecule has 0 N–H and O–H groups in total. The van der Waals surface area contributed by atoms with E-state index in [0.29, 0.717) is 0 Å². The number of hydrogen-bond donors (Lipinski definition) is 0. The summed E-state index contributed by atoms with van der Waals surface area (Å²) in [4.78, 5) is 8.38. The molecule has 5 heterocycles. The van der Waals surface area contributed by atoms with Crippen LogP contribution in [0.3, 0.4) is 0 Å². The molecule has 0 radical (unpaired) electrons. The minimum absolute atomic E-state index is 0.000367. The van der Waals surface area contributed by atoms with Crippen molar-refractivity contribution >= 4 is 94.4 Å². The molecule has 1 aromatic heterocycles. The molecule has 314 valence electrons. The third kappa shape index (κ3) is 4.50. The summed E-state index contributed by atoms with van der Waals surface area (Å²) in [6, 6.07) is 54.6. The molecule has 0 saturated heterocycles. The summed E-state index contributed by atoms with van der Waals surface area (Å²) in [5.74, 6) is 0. The maximum Gasteiger partial charge on any atom is 0.252 e. The van der Waals surface area contributed by atoms with Crippen LogP contribution < -0.4 is 31.1 Å². The van der Waals surface area contributed by atoms with Gasteiger partial charge in [-0.2, -0.15) is 0 Å². The second-order valence-electron chi connectivity index (χ2n) is 21.1. The molecule has 0 amide bonds. The van der Waals surface area contributed by atoms with Crippen molar-refractivity contribution in [2.75, 3.05) is 14.7 Å². The summed E-state index contributed by atoms with van der Waals surface area (Å²) in [6.45, 7) is 12.8. The molecule has 8 aromatic rings. The van der Waals surface area contributed by atoms with Crippen LogP contribution in [-0.2, 0) is 10.8 Å². The number of hydrogen-bond acceptors (Lipinski definition) is 4. The van der Waals surface area contributed by atoms with E-state index in [-0.39, 0.29) is 28.6 Å². The second kappa shape index (κ2) is 12.7. The molecule has 3 nitrogen and oxygen atoms in total. The Morgan fingerprint density at radius 2 is 1.20 bits per heavy atom. The number of rotatable bonds is 3. The van der Waals surface area contributed by atoms with E-state index in [9.17, 15) is 0 Å². The number of aryl methyl sites for hydroxylation is 1. The lowest BCUT2D eigenvalue weighted by molar-refractivity contribution is 0.195. The van der Waals surface area contributed by atoms with Crippen molar-refractivity contribution in [2.24, 2.45) is 0 Å². The van der Waals surface area contributed by atoms with Crippen LogP contribution in [0, 0.1) is 6.92 Å². The lowest BCUT2D eigenvalue weighted by Crippen LogP contribution is -2.64. The summed E-state index contributed by atoms with van der Waals surface area (Å²) >= 11 is 1.92. The van der Waals surface area contributed by atoms with E-state index < -0.39 is 0 Å². The van der Waals surface area contributed by atoms with Crippen LogP contribution in [0.1, 0.15) is 95.8 Å². The molecule has 14 rings (SSSR count). The summed E-state index contributed by atoms with van der Waals surface area (Å²) < 4.78 is 2.68. The largest absolute Gasteiger partial charge is 0.335 e. The van der Waals surface area contributed by atoms with E-state index in [1.54, 1.807) is 5.56 Å². The van der Waals surface area contributed by atoms with Gasteiger partial charge in [0.1, 0.15) is 0 Å². The molecule has 4 aliphatic heterocycles. The van der Waals surface area contributed by atoms with Gasteiger partial charge >= 0.3 is 0 Å². The van der Waals surface area contributed by atoms with Gasteiger partial charge < -0.3 is 14.7 Å². The molecule has 2 aliphatic carbocycles. The first-order valence-corrected chi connectivity index (χ1v) is 24.9. The molecule has 7 aromatic carbocycles. The summed E-state index contributed by atoms with van der Waals surface area (Å²) in [5, 5.41) is 2.69. The van der Waals surface area contributed by atoms with Gasteiger partial charge in [0, 0.05) is 65.1 Å². The van der Waals surface area contributed by atoms with Gasteiger partial charge in [0.25, 0.3) is 6.71 Å². The van der Waals surface area contributed by atoms with E-state index >= 15 is 0 Å². The Morgan fingerprint density at radius 1 is 0.500 bits per heavy atom. The smallest absolute Gasteiger partial charge is 0.252 e. The molecule has 4 atom stereocenters. The Labute approximate surface area is 382 Å². The Bertz CT molecular complexity index is 3320. The summed E-state index contributed by atoms with van der Waals surface area (Å²) in [6.07, 6.45) is 9.88. The quantitative estimate of drug-likeness (QED) is 0.164. The first kappa shape index (κ1) is 37.6. The minimum Gasteiger partial charge on any atom is -0.335 e. The average molecular weight is 848 g/mol. The lowest BCUT2D eigenvalue weighted by Gasteiger charge is -2.53. The van der Waals surface area contributed by atoms with E-state index in [2.05, 4.69) is 189 Å². The molecule has 2 saturated carbocycles. The van der Waals surface area contributed by atoms with Gasteiger partial charge in [0.05, 0.1) is 16.8 Å². The Kier molecular flexibility index (Phi) is 7.47. The van der Waals surface area contributed by atoms with Crippen molar-refractivity contribution in [3.8, 4) is 11.1 Å². The van der Waals surface area contributed by atoms with E-state index in [0.717, 1.165) is 6.42 Å². The second-order valence-corrected chi connectivity index (χ2v) is 22.2. The SMILES string of the molecule is Cc1cc2c3c(c1)N1c4c(cccc4C4(C)CCCCC14C)B3c1ccc(N3c4ccc(-c5ccccc5)cc4C4(C)CCCC[C@]34C)cc1N2c1cccc2sc3ccccc3c12. The molecular formula is C59H54BN3S. The average Bonchev–Trinajstić information content (AvgIpc) is 3.87. The van der Waals surface area contributed by atoms with Crippen LogP contribution in [0.4, 0.5) is 39.8 Å². The Balaban J connectivity index is 1.06. The van der Waals surface area contributed by atoms with E-state index in [1.807, 2.05) is 11.3 Å². The number of anilines is 7. The fraction of sp³-hybridized carbons (Fsp3) is 0.288. The summed E-state index contributed by atoms with van der Waals surface area (Å²) in [7, 11) is 0. The van der Waals surface area contributed by atoms with Crippen LogP contribution in [0.2, 0.25) is 0 Å². The molecule has 6 aliphatic rings. The minimum atomic E-state index is -0.0748. The van der Waals surface area contributed by atoms with Gasteiger partial charge in [-0.25, -0.2) is 0 Å². The van der Waals surface area contributed by atoms with Gasteiger partial charge in [0.15, 0.2) is 0 Å². The number of thiophene rings is 1. The van der Waals surface area contributed by atoms with Crippen molar-refractivity contribution < 1.29 is 0 Å². The van der Waals surface area contributed by atoms with Crippen molar-refractivity contribution in [1.29, 1.82) is 0 Å². The maximum atomic E-state index is 2.87. The lowest BCUT2D eigenvalue weighted by atomic mass is 9.33. The normalized spacial score (nSPS) is 25.8. The zero-order valence-electron chi connectivity index (χ0n) is 37.8. The highest BCUT2D eigenvalue weighted by Crippen LogP contribution is 2.64. The van der Waals surface area contributed by atoms with Crippen LogP contribution >= 0.6 is 11.3 Å². The number of benzene rings is 7. The highest BCUT2D eigenvalue weighted by Gasteiger charge is 2.62. The topological polar surface area (TPSA) is 9.72 Å². The van der Waals surface area contributed by atoms with Gasteiger partial charge in [-0.15, -0.1) is 11.3 Å². The van der Waals surface area contributed by atoms with E-state index in [1.165, 1.54) is 144 Å². The van der Waals surface area contributed by atoms with Crippen LogP contribution in [0.5, 0.6) is 0 Å². The fourth-order valence-corrected chi connectivity index (χ4v) is 15.8. The summed E-state index contributed by atoms with van der Waals surface area (Å²) in [5.41, 5.74) is 20.9.